The van der Waals surface area contributed by atoms with Crippen LogP contribution in [0.2, 0.25) is 0 Å². The van der Waals surface area contributed by atoms with E-state index in [1.165, 1.54) is 12.1 Å². The van der Waals surface area contributed by atoms with Crippen LogP contribution in [0, 0.1) is 0 Å². The summed E-state index contributed by atoms with van der Waals surface area (Å²) in [7, 11) is -1.72. The van der Waals surface area contributed by atoms with E-state index < -0.39 is 15.8 Å². The second-order valence-corrected chi connectivity index (χ2v) is 8.06. The summed E-state index contributed by atoms with van der Waals surface area (Å²) < 4.78 is 35.3. The normalized spacial score (nSPS) is 11.2. The number of carbonyl (C=O) groups excluding carboxylic acids is 1. The first kappa shape index (κ1) is 19.6. The van der Waals surface area contributed by atoms with Crippen molar-refractivity contribution < 1.29 is 22.7 Å². The van der Waals surface area contributed by atoms with Gasteiger partial charge in [-0.3, -0.25) is 0 Å². The fourth-order valence-electron chi connectivity index (χ4n) is 2.68. The third-order valence-electron chi connectivity index (χ3n) is 4.09. The topological polar surface area (TPSA) is 87.5 Å². The molecule has 0 aliphatic heterocycles. The fraction of sp³-hybridized carbons (Fsp3) is 0.200. The summed E-state index contributed by atoms with van der Waals surface area (Å²) in [6.45, 7) is 1.97. The van der Waals surface area contributed by atoms with Crippen LogP contribution in [0.3, 0.4) is 0 Å². The highest BCUT2D eigenvalue weighted by molar-refractivity contribution is 7.90. The molecule has 0 saturated heterocycles. The Morgan fingerprint density at radius 1 is 1.07 bits per heavy atom. The molecule has 0 aliphatic carbocycles. The smallest absolute Gasteiger partial charge is 0.358 e. The van der Waals surface area contributed by atoms with Crippen molar-refractivity contribution in [2.24, 2.45) is 0 Å². The largest absolute Gasteiger partial charge is 0.497 e. The summed E-state index contributed by atoms with van der Waals surface area (Å²) in [5, 5.41) is 4.39. The van der Waals surface area contributed by atoms with E-state index in [2.05, 4.69) is 5.10 Å². The van der Waals surface area contributed by atoms with Crippen LogP contribution in [0.1, 0.15) is 17.4 Å². The van der Waals surface area contributed by atoms with Gasteiger partial charge in [0.1, 0.15) is 5.75 Å². The molecule has 0 unspecified atom stereocenters. The van der Waals surface area contributed by atoms with Gasteiger partial charge < -0.3 is 9.47 Å². The third-order valence-corrected chi connectivity index (χ3v) is 5.22. The van der Waals surface area contributed by atoms with Gasteiger partial charge in [0.15, 0.2) is 15.5 Å². The minimum atomic E-state index is -3.30. The summed E-state index contributed by atoms with van der Waals surface area (Å²) in [6, 6.07) is 15.3. The van der Waals surface area contributed by atoms with E-state index in [1.807, 2.05) is 12.1 Å². The monoisotopic (exact) mass is 400 g/mol. The van der Waals surface area contributed by atoms with Gasteiger partial charge in [-0.1, -0.05) is 12.1 Å². The maximum absolute atomic E-state index is 12.2. The molecule has 1 aromatic heterocycles. The number of hydrogen-bond acceptors (Lipinski definition) is 6. The summed E-state index contributed by atoms with van der Waals surface area (Å²) in [6.07, 6.45) is 1.16. The van der Waals surface area contributed by atoms with Gasteiger partial charge in [-0.15, -0.1) is 0 Å². The molecule has 0 atom stereocenters. The summed E-state index contributed by atoms with van der Waals surface area (Å²) in [4.78, 5) is 12.4. The van der Waals surface area contributed by atoms with Crippen molar-refractivity contribution in [3.8, 4) is 22.7 Å². The number of ether oxygens (including phenoxy) is 2. The SMILES string of the molecule is CCOC(=O)c1cc(-c2ccc(S(C)(=O)=O)cc2)n(-c2ccc(OC)cc2)n1. The van der Waals surface area contributed by atoms with E-state index in [0.29, 0.717) is 17.0 Å². The van der Waals surface area contributed by atoms with Gasteiger partial charge in [0, 0.05) is 11.8 Å². The van der Waals surface area contributed by atoms with Crippen molar-refractivity contribution in [1.82, 2.24) is 9.78 Å². The molecule has 0 fully saturated rings. The standard InChI is InChI=1S/C20H20N2O5S/c1-4-27-20(23)18-13-19(14-5-11-17(12-6-14)28(3,24)25)22(21-18)15-7-9-16(26-2)10-8-15/h5-13H,4H2,1-3H3. The lowest BCUT2D eigenvalue weighted by molar-refractivity contribution is 0.0519. The van der Waals surface area contributed by atoms with E-state index in [0.717, 1.165) is 11.9 Å². The van der Waals surface area contributed by atoms with Crippen molar-refractivity contribution in [3.05, 3.63) is 60.3 Å². The maximum atomic E-state index is 12.2. The van der Waals surface area contributed by atoms with Gasteiger partial charge in [0.25, 0.3) is 0 Å². The molecule has 0 spiro atoms. The molecule has 0 amide bonds. The zero-order chi connectivity index (χ0) is 20.3. The highest BCUT2D eigenvalue weighted by atomic mass is 32.2. The Morgan fingerprint density at radius 3 is 2.25 bits per heavy atom. The lowest BCUT2D eigenvalue weighted by atomic mass is 10.1. The van der Waals surface area contributed by atoms with Gasteiger partial charge >= 0.3 is 5.97 Å². The van der Waals surface area contributed by atoms with Gasteiger partial charge in [0.05, 0.1) is 30.0 Å². The van der Waals surface area contributed by atoms with Crippen LogP contribution < -0.4 is 4.74 Å². The number of esters is 1. The number of hydrogen-bond donors (Lipinski definition) is 0. The number of aromatic nitrogens is 2. The van der Waals surface area contributed by atoms with Crippen molar-refractivity contribution in [3.63, 3.8) is 0 Å². The Bertz CT molecular complexity index is 1080. The Balaban J connectivity index is 2.11. The summed E-state index contributed by atoms with van der Waals surface area (Å²) >= 11 is 0. The predicted molar refractivity (Wildman–Crippen MR) is 105 cm³/mol. The van der Waals surface area contributed by atoms with Gasteiger partial charge in [0.2, 0.25) is 0 Å². The molecule has 3 aromatic rings. The Labute approximate surface area is 163 Å². The first-order chi connectivity index (χ1) is 13.3. The van der Waals surface area contributed by atoms with Crippen molar-refractivity contribution >= 4 is 15.8 Å². The Kier molecular flexibility index (Phi) is 5.51. The maximum Gasteiger partial charge on any atom is 0.358 e. The highest BCUT2D eigenvalue weighted by Gasteiger charge is 2.18. The average Bonchev–Trinajstić information content (AvgIpc) is 3.13. The van der Waals surface area contributed by atoms with Gasteiger partial charge in [-0.05, 0) is 49.4 Å². The molecule has 0 radical (unpaired) electrons. The van der Waals surface area contributed by atoms with E-state index in [9.17, 15) is 13.2 Å². The molecule has 28 heavy (non-hydrogen) atoms. The van der Waals surface area contributed by atoms with E-state index in [-0.39, 0.29) is 17.2 Å². The Hall–Kier alpha value is -3.13. The summed E-state index contributed by atoms with van der Waals surface area (Å²) in [5.74, 6) is 0.171. The van der Waals surface area contributed by atoms with Crippen LogP contribution in [0.5, 0.6) is 5.75 Å². The number of methoxy groups -OCH3 is 1. The van der Waals surface area contributed by atoms with Crippen LogP contribution in [0.4, 0.5) is 0 Å². The number of sulfone groups is 1. The molecule has 3 rings (SSSR count). The zero-order valence-electron chi connectivity index (χ0n) is 15.7. The molecule has 0 aliphatic rings. The molecular formula is C20H20N2O5S. The van der Waals surface area contributed by atoms with Crippen molar-refractivity contribution in [2.75, 3.05) is 20.0 Å². The highest BCUT2D eigenvalue weighted by Crippen LogP contribution is 2.26. The van der Waals surface area contributed by atoms with Crippen molar-refractivity contribution in [1.29, 1.82) is 0 Å². The van der Waals surface area contributed by atoms with Crippen LogP contribution in [-0.4, -0.2) is 44.1 Å². The number of benzene rings is 2. The van der Waals surface area contributed by atoms with E-state index >= 15 is 0 Å². The van der Waals surface area contributed by atoms with E-state index in [1.54, 1.807) is 49.0 Å². The minimum Gasteiger partial charge on any atom is -0.497 e. The third kappa shape index (κ3) is 4.07. The number of rotatable bonds is 6. The lowest BCUT2D eigenvalue weighted by Crippen LogP contribution is -2.06. The molecule has 146 valence electrons. The fourth-order valence-corrected chi connectivity index (χ4v) is 3.32. The second kappa shape index (κ2) is 7.85. The quantitative estimate of drug-likeness (QED) is 0.591. The first-order valence-corrected chi connectivity index (χ1v) is 10.4. The van der Waals surface area contributed by atoms with Crippen LogP contribution >= 0.6 is 0 Å². The van der Waals surface area contributed by atoms with Crippen LogP contribution in [0.15, 0.2) is 59.5 Å². The van der Waals surface area contributed by atoms with Crippen LogP contribution in [-0.2, 0) is 14.6 Å². The molecule has 2 aromatic carbocycles. The molecule has 0 N–H and O–H groups in total. The molecule has 8 heteroatoms. The molecule has 0 saturated carbocycles. The van der Waals surface area contributed by atoms with Crippen LogP contribution in [0.25, 0.3) is 16.9 Å². The summed E-state index contributed by atoms with van der Waals surface area (Å²) in [5.41, 5.74) is 2.23. The molecule has 0 bridgehead atoms. The molecule has 1 heterocycles. The number of nitrogens with zero attached hydrogens (tertiary/aromatic N) is 2. The Morgan fingerprint density at radius 2 is 1.71 bits per heavy atom. The first-order valence-electron chi connectivity index (χ1n) is 8.55. The van der Waals surface area contributed by atoms with Gasteiger partial charge in [-0.2, -0.15) is 5.10 Å². The lowest BCUT2D eigenvalue weighted by Gasteiger charge is -2.09. The molecule has 7 nitrogen and oxygen atoms in total. The van der Waals surface area contributed by atoms with Gasteiger partial charge in [-0.25, -0.2) is 17.9 Å². The van der Waals surface area contributed by atoms with Crippen molar-refractivity contribution in [2.45, 2.75) is 11.8 Å². The molecular weight excluding hydrogens is 380 g/mol. The average molecular weight is 400 g/mol. The predicted octanol–water partition coefficient (Wildman–Crippen LogP) is 3.13. The number of carbonyl (C=O) groups is 1. The zero-order valence-corrected chi connectivity index (χ0v) is 16.6. The van der Waals surface area contributed by atoms with E-state index in [4.69, 9.17) is 9.47 Å². The minimum absolute atomic E-state index is 0.167. The second-order valence-electron chi connectivity index (χ2n) is 6.04.